The smallest absolute Gasteiger partial charge is 0.406 e. The molecule has 2 aromatic carbocycles. The number of alkyl halides is 3. The summed E-state index contributed by atoms with van der Waals surface area (Å²) in [7, 11) is 0. The molecule has 0 aliphatic heterocycles. The van der Waals surface area contributed by atoms with Crippen LogP contribution in [0.1, 0.15) is 32.8 Å². The molecule has 1 heterocycles. The Kier molecular flexibility index (Phi) is 7.47. The summed E-state index contributed by atoms with van der Waals surface area (Å²) in [5.74, 6) is -0.809. The molecule has 3 rings (SSSR count). The number of nitrogens with zero attached hydrogens (tertiary/aromatic N) is 1. The molecule has 0 bridgehead atoms. The third-order valence-corrected chi connectivity index (χ3v) is 5.28. The molecular formula is C22H20F3N3O3S. The summed E-state index contributed by atoms with van der Waals surface area (Å²) in [6.45, 7) is 2.02. The molecule has 0 aliphatic rings. The fourth-order valence-corrected chi connectivity index (χ4v) is 3.71. The molecule has 0 fully saturated rings. The molecule has 0 aliphatic carbocycles. The van der Waals surface area contributed by atoms with Crippen LogP contribution in [0.25, 0.3) is 0 Å². The molecule has 1 aromatic heterocycles. The Hall–Kier alpha value is -3.40. The van der Waals surface area contributed by atoms with Crippen LogP contribution in [0.5, 0.6) is 5.75 Å². The molecule has 0 saturated heterocycles. The molecule has 0 unspecified atom stereocenters. The van der Waals surface area contributed by atoms with E-state index in [1.165, 1.54) is 35.6 Å². The maximum Gasteiger partial charge on any atom is 0.573 e. The minimum Gasteiger partial charge on any atom is -0.406 e. The number of carbonyl (C=O) groups is 2. The van der Waals surface area contributed by atoms with Crippen molar-refractivity contribution in [1.82, 2.24) is 10.3 Å². The summed E-state index contributed by atoms with van der Waals surface area (Å²) < 4.78 is 40.5. The van der Waals surface area contributed by atoms with E-state index in [1.54, 1.807) is 18.3 Å². The highest BCUT2D eigenvalue weighted by atomic mass is 32.1. The molecule has 0 spiro atoms. The molecule has 10 heteroatoms. The van der Waals surface area contributed by atoms with Gasteiger partial charge in [0, 0.05) is 36.0 Å². The second-order valence-electron chi connectivity index (χ2n) is 6.87. The number of hydrogen-bond donors (Lipinski definition) is 2. The summed E-state index contributed by atoms with van der Waals surface area (Å²) in [5.41, 5.74) is 2.20. The van der Waals surface area contributed by atoms with Crippen molar-refractivity contribution in [1.29, 1.82) is 0 Å². The van der Waals surface area contributed by atoms with Crippen LogP contribution >= 0.6 is 11.3 Å². The maximum absolute atomic E-state index is 12.2. The number of halogens is 3. The van der Waals surface area contributed by atoms with Crippen molar-refractivity contribution in [2.75, 3.05) is 11.9 Å². The third kappa shape index (κ3) is 7.09. The Bertz CT molecular complexity index is 1080. The summed E-state index contributed by atoms with van der Waals surface area (Å²) in [4.78, 5) is 29.2. The van der Waals surface area contributed by atoms with Gasteiger partial charge in [0.15, 0.2) is 5.13 Å². The van der Waals surface area contributed by atoms with Gasteiger partial charge in [-0.3, -0.25) is 9.59 Å². The van der Waals surface area contributed by atoms with Gasteiger partial charge in [-0.2, -0.15) is 0 Å². The Morgan fingerprint density at radius 1 is 1.09 bits per heavy atom. The molecule has 6 nitrogen and oxygen atoms in total. The van der Waals surface area contributed by atoms with E-state index in [0.717, 1.165) is 16.0 Å². The van der Waals surface area contributed by atoms with Crippen molar-refractivity contribution >= 4 is 28.3 Å². The maximum atomic E-state index is 12.2. The largest absolute Gasteiger partial charge is 0.573 e. The second kappa shape index (κ2) is 10.3. The van der Waals surface area contributed by atoms with Crippen molar-refractivity contribution in [2.24, 2.45) is 0 Å². The minimum absolute atomic E-state index is 0.0905. The van der Waals surface area contributed by atoms with Gasteiger partial charge in [0.05, 0.1) is 0 Å². The number of rotatable bonds is 8. The number of ether oxygens (including phenoxy) is 1. The molecular weight excluding hydrogens is 443 g/mol. The van der Waals surface area contributed by atoms with Gasteiger partial charge in [0.2, 0.25) is 5.91 Å². The van der Waals surface area contributed by atoms with Crippen molar-refractivity contribution in [3.8, 4) is 5.75 Å². The van der Waals surface area contributed by atoms with Gasteiger partial charge >= 0.3 is 6.36 Å². The number of amides is 2. The zero-order valence-electron chi connectivity index (χ0n) is 17.0. The highest BCUT2D eigenvalue weighted by molar-refractivity contribution is 7.15. The van der Waals surface area contributed by atoms with Gasteiger partial charge in [-0.15, -0.1) is 24.5 Å². The first-order valence-electron chi connectivity index (χ1n) is 9.63. The Labute approximate surface area is 186 Å². The highest BCUT2D eigenvalue weighted by Crippen LogP contribution is 2.25. The predicted octanol–water partition coefficient (Wildman–Crippen LogP) is 4.70. The first kappa shape index (κ1) is 23.3. The van der Waals surface area contributed by atoms with Crippen molar-refractivity contribution in [3.05, 3.63) is 76.3 Å². The van der Waals surface area contributed by atoms with Gasteiger partial charge in [-0.1, -0.05) is 30.3 Å². The first-order chi connectivity index (χ1) is 15.2. The van der Waals surface area contributed by atoms with Crippen LogP contribution in [0, 0.1) is 6.92 Å². The van der Waals surface area contributed by atoms with E-state index in [1.807, 2.05) is 19.1 Å². The van der Waals surface area contributed by atoms with E-state index in [0.29, 0.717) is 17.1 Å². The van der Waals surface area contributed by atoms with Gasteiger partial charge in [0.25, 0.3) is 5.91 Å². The fourth-order valence-electron chi connectivity index (χ4n) is 2.85. The van der Waals surface area contributed by atoms with E-state index in [-0.39, 0.29) is 30.5 Å². The average molecular weight is 463 g/mol. The molecule has 2 amide bonds. The van der Waals surface area contributed by atoms with E-state index >= 15 is 0 Å². The molecule has 168 valence electrons. The van der Waals surface area contributed by atoms with E-state index in [2.05, 4.69) is 20.4 Å². The minimum atomic E-state index is -4.73. The van der Waals surface area contributed by atoms with Gasteiger partial charge in [-0.05, 0) is 36.2 Å². The standard InChI is InChI=1S/C22H20F3N3O3S/c1-14-4-2-3-5-18(14)20(30)26-11-10-19(29)28-21-27-13-17(32-21)12-15-6-8-16(9-7-15)31-22(23,24)25/h2-9,13H,10-12H2,1H3,(H,26,30)(H,27,28,29). The summed E-state index contributed by atoms with van der Waals surface area (Å²) >= 11 is 1.27. The average Bonchev–Trinajstić information content (AvgIpc) is 3.15. The van der Waals surface area contributed by atoms with Gasteiger partial charge in [0.1, 0.15) is 5.75 Å². The lowest BCUT2D eigenvalue weighted by Crippen LogP contribution is -2.28. The zero-order chi connectivity index (χ0) is 23.1. The molecule has 0 atom stereocenters. The molecule has 2 N–H and O–H groups in total. The Morgan fingerprint density at radius 3 is 2.50 bits per heavy atom. The van der Waals surface area contributed by atoms with Crippen LogP contribution in [-0.4, -0.2) is 29.7 Å². The van der Waals surface area contributed by atoms with Crippen LogP contribution in [0.4, 0.5) is 18.3 Å². The monoisotopic (exact) mass is 463 g/mol. The number of aryl methyl sites for hydroxylation is 1. The second-order valence-corrected chi connectivity index (χ2v) is 7.98. The lowest BCUT2D eigenvalue weighted by atomic mass is 10.1. The van der Waals surface area contributed by atoms with Gasteiger partial charge in [-0.25, -0.2) is 4.98 Å². The van der Waals surface area contributed by atoms with Crippen molar-refractivity contribution in [2.45, 2.75) is 26.1 Å². The molecule has 32 heavy (non-hydrogen) atoms. The molecule has 0 saturated carbocycles. The number of carbonyl (C=O) groups excluding carboxylic acids is 2. The van der Waals surface area contributed by atoms with Gasteiger partial charge < -0.3 is 15.4 Å². The Balaban J connectivity index is 1.45. The fraction of sp³-hybridized carbons (Fsp3) is 0.227. The number of aromatic nitrogens is 1. The van der Waals surface area contributed by atoms with Crippen LogP contribution in [0.2, 0.25) is 0 Å². The van der Waals surface area contributed by atoms with E-state index in [4.69, 9.17) is 0 Å². The normalized spacial score (nSPS) is 11.1. The predicted molar refractivity (Wildman–Crippen MR) is 115 cm³/mol. The summed E-state index contributed by atoms with van der Waals surface area (Å²) in [6, 6.07) is 12.8. The number of benzene rings is 2. The van der Waals surface area contributed by atoms with Crippen LogP contribution in [0.15, 0.2) is 54.7 Å². The molecule has 0 radical (unpaired) electrons. The number of anilines is 1. The summed E-state index contributed by atoms with van der Waals surface area (Å²) in [5, 5.41) is 5.81. The third-order valence-electron chi connectivity index (χ3n) is 4.36. The number of nitrogens with one attached hydrogen (secondary N) is 2. The lowest BCUT2D eigenvalue weighted by Gasteiger charge is -2.08. The Morgan fingerprint density at radius 2 is 1.81 bits per heavy atom. The summed E-state index contributed by atoms with van der Waals surface area (Å²) in [6.07, 6.45) is -2.59. The number of hydrogen-bond acceptors (Lipinski definition) is 5. The first-order valence-corrected chi connectivity index (χ1v) is 10.4. The SMILES string of the molecule is Cc1ccccc1C(=O)NCCC(=O)Nc1ncc(Cc2ccc(OC(F)(F)F)cc2)s1. The van der Waals surface area contributed by atoms with Crippen LogP contribution < -0.4 is 15.4 Å². The highest BCUT2D eigenvalue weighted by Gasteiger charge is 2.30. The van der Waals surface area contributed by atoms with E-state index < -0.39 is 6.36 Å². The topological polar surface area (TPSA) is 80.3 Å². The van der Waals surface area contributed by atoms with E-state index in [9.17, 15) is 22.8 Å². The quantitative estimate of drug-likeness (QED) is 0.508. The lowest BCUT2D eigenvalue weighted by molar-refractivity contribution is -0.274. The van der Waals surface area contributed by atoms with Crippen molar-refractivity contribution < 1.29 is 27.5 Å². The van der Waals surface area contributed by atoms with Crippen molar-refractivity contribution in [3.63, 3.8) is 0 Å². The zero-order valence-corrected chi connectivity index (χ0v) is 17.8. The molecule has 3 aromatic rings. The van der Waals surface area contributed by atoms with Crippen LogP contribution in [0.3, 0.4) is 0 Å². The number of thiazole rings is 1. The van der Waals surface area contributed by atoms with Crippen LogP contribution in [-0.2, 0) is 11.2 Å².